The number of anilines is 1. The van der Waals surface area contributed by atoms with Crippen molar-refractivity contribution in [2.45, 2.75) is 13.3 Å². The second-order valence-electron chi connectivity index (χ2n) is 5.32. The van der Waals surface area contributed by atoms with Crippen molar-refractivity contribution >= 4 is 23.3 Å². The molecule has 6 heteroatoms. The number of carbonyl (C=O) groups is 1. The van der Waals surface area contributed by atoms with Crippen LogP contribution in [0.25, 0.3) is 11.3 Å². The van der Waals surface area contributed by atoms with Gasteiger partial charge in [-0.15, -0.1) is 0 Å². The predicted molar refractivity (Wildman–Crippen MR) is 93.8 cm³/mol. The second kappa shape index (κ2) is 7.19. The number of halogens is 1. The first-order chi connectivity index (χ1) is 11.6. The summed E-state index contributed by atoms with van der Waals surface area (Å²) < 4.78 is 0. The van der Waals surface area contributed by atoms with Crippen LogP contribution in [0.4, 0.5) is 5.82 Å². The van der Waals surface area contributed by atoms with Crippen molar-refractivity contribution in [2.75, 3.05) is 5.32 Å². The molecule has 0 aliphatic rings. The van der Waals surface area contributed by atoms with E-state index < -0.39 is 0 Å². The summed E-state index contributed by atoms with van der Waals surface area (Å²) in [7, 11) is 0. The van der Waals surface area contributed by atoms with Gasteiger partial charge in [-0.05, 0) is 42.3 Å². The Morgan fingerprint density at radius 2 is 2.00 bits per heavy atom. The van der Waals surface area contributed by atoms with Crippen molar-refractivity contribution in [3.63, 3.8) is 0 Å². The van der Waals surface area contributed by atoms with Crippen LogP contribution in [0.3, 0.4) is 0 Å². The van der Waals surface area contributed by atoms with Crippen molar-refractivity contribution in [2.24, 2.45) is 0 Å². The molecule has 3 rings (SSSR count). The number of aromatic nitrogens is 3. The molecule has 5 nitrogen and oxygen atoms in total. The zero-order valence-electron chi connectivity index (χ0n) is 13.0. The van der Waals surface area contributed by atoms with E-state index in [-0.39, 0.29) is 12.3 Å². The SMILES string of the molecule is Cc1cc(CC(=O)Nc2ccc(-c3ccccn3)cn2)cnc1Cl. The molecular formula is C18H15ClN4O. The molecule has 0 saturated carbocycles. The molecule has 0 aliphatic heterocycles. The molecule has 0 fully saturated rings. The highest BCUT2D eigenvalue weighted by Crippen LogP contribution is 2.17. The Bertz CT molecular complexity index is 851. The summed E-state index contributed by atoms with van der Waals surface area (Å²) in [5, 5.41) is 3.22. The maximum Gasteiger partial charge on any atom is 0.230 e. The quantitative estimate of drug-likeness (QED) is 0.737. The van der Waals surface area contributed by atoms with E-state index in [4.69, 9.17) is 11.6 Å². The van der Waals surface area contributed by atoms with Crippen LogP contribution in [-0.4, -0.2) is 20.9 Å². The number of nitrogens with zero attached hydrogens (tertiary/aromatic N) is 3. The van der Waals surface area contributed by atoms with Crippen molar-refractivity contribution in [3.8, 4) is 11.3 Å². The lowest BCUT2D eigenvalue weighted by Crippen LogP contribution is -2.15. The molecule has 0 saturated heterocycles. The number of nitrogens with one attached hydrogen (secondary N) is 1. The first-order valence-electron chi connectivity index (χ1n) is 7.40. The van der Waals surface area contributed by atoms with Gasteiger partial charge in [0.05, 0.1) is 12.1 Å². The van der Waals surface area contributed by atoms with E-state index in [2.05, 4.69) is 20.3 Å². The van der Waals surface area contributed by atoms with Gasteiger partial charge >= 0.3 is 0 Å². The molecule has 0 spiro atoms. The number of hydrogen-bond acceptors (Lipinski definition) is 4. The van der Waals surface area contributed by atoms with Crippen LogP contribution in [0.5, 0.6) is 0 Å². The Morgan fingerprint density at radius 1 is 1.12 bits per heavy atom. The Kier molecular flexibility index (Phi) is 4.82. The molecule has 24 heavy (non-hydrogen) atoms. The molecular weight excluding hydrogens is 324 g/mol. The monoisotopic (exact) mass is 338 g/mol. The molecule has 0 aromatic carbocycles. The standard InChI is InChI=1S/C18H15ClN4O/c1-12-8-13(10-22-18(12)19)9-17(24)23-16-6-5-14(11-21-16)15-4-2-3-7-20-15/h2-8,10-11H,9H2,1H3,(H,21,23,24). The minimum absolute atomic E-state index is 0.156. The minimum atomic E-state index is -0.156. The normalized spacial score (nSPS) is 10.4. The van der Waals surface area contributed by atoms with Crippen LogP contribution < -0.4 is 5.32 Å². The number of carbonyl (C=O) groups excluding carboxylic acids is 1. The highest BCUT2D eigenvalue weighted by molar-refractivity contribution is 6.30. The summed E-state index contributed by atoms with van der Waals surface area (Å²) >= 11 is 5.89. The lowest BCUT2D eigenvalue weighted by Gasteiger charge is -2.06. The fourth-order valence-electron chi connectivity index (χ4n) is 2.24. The summed E-state index contributed by atoms with van der Waals surface area (Å²) in [6.07, 6.45) is 5.24. The minimum Gasteiger partial charge on any atom is -0.310 e. The molecule has 3 aromatic heterocycles. The van der Waals surface area contributed by atoms with E-state index in [1.54, 1.807) is 24.7 Å². The average molecular weight is 339 g/mol. The van der Waals surface area contributed by atoms with Crippen LogP contribution in [0, 0.1) is 6.92 Å². The smallest absolute Gasteiger partial charge is 0.230 e. The zero-order valence-corrected chi connectivity index (χ0v) is 13.8. The van der Waals surface area contributed by atoms with E-state index in [9.17, 15) is 4.79 Å². The van der Waals surface area contributed by atoms with Gasteiger partial charge in [0.15, 0.2) is 0 Å². The Labute approximate surface area is 144 Å². The number of amides is 1. The molecule has 1 amide bonds. The molecule has 0 unspecified atom stereocenters. The third-order valence-corrected chi connectivity index (χ3v) is 3.82. The maximum atomic E-state index is 12.1. The van der Waals surface area contributed by atoms with Gasteiger partial charge in [-0.25, -0.2) is 9.97 Å². The Hall–Kier alpha value is -2.79. The van der Waals surface area contributed by atoms with Gasteiger partial charge in [-0.1, -0.05) is 23.7 Å². The third-order valence-electron chi connectivity index (χ3n) is 3.43. The molecule has 0 atom stereocenters. The Morgan fingerprint density at radius 3 is 2.67 bits per heavy atom. The molecule has 3 heterocycles. The van der Waals surface area contributed by atoms with Gasteiger partial charge < -0.3 is 5.32 Å². The van der Waals surface area contributed by atoms with E-state index in [1.807, 2.05) is 37.3 Å². The summed E-state index contributed by atoms with van der Waals surface area (Å²) in [4.78, 5) is 24.7. The summed E-state index contributed by atoms with van der Waals surface area (Å²) in [5.74, 6) is 0.343. The second-order valence-corrected chi connectivity index (χ2v) is 5.68. The van der Waals surface area contributed by atoms with Crippen LogP contribution in [0.15, 0.2) is 55.0 Å². The molecule has 0 bridgehead atoms. The lowest BCUT2D eigenvalue weighted by molar-refractivity contribution is -0.115. The van der Waals surface area contributed by atoms with Gasteiger partial charge in [-0.2, -0.15) is 0 Å². The van der Waals surface area contributed by atoms with Crippen LogP contribution in [0.2, 0.25) is 5.15 Å². The van der Waals surface area contributed by atoms with E-state index in [0.717, 1.165) is 22.4 Å². The van der Waals surface area contributed by atoms with Crippen LogP contribution >= 0.6 is 11.6 Å². The first-order valence-corrected chi connectivity index (χ1v) is 7.78. The zero-order chi connectivity index (χ0) is 16.9. The predicted octanol–water partition coefficient (Wildman–Crippen LogP) is 3.68. The molecule has 0 radical (unpaired) electrons. The fraction of sp³-hybridized carbons (Fsp3) is 0.111. The molecule has 0 aliphatic carbocycles. The summed E-state index contributed by atoms with van der Waals surface area (Å²) in [5.41, 5.74) is 3.39. The third kappa shape index (κ3) is 3.94. The first kappa shape index (κ1) is 16.1. The van der Waals surface area contributed by atoms with Gasteiger partial charge in [0.25, 0.3) is 0 Å². The summed E-state index contributed by atoms with van der Waals surface area (Å²) in [6, 6.07) is 11.2. The van der Waals surface area contributed by atoms with E-state index in [1.165, 1.54) is 0 Å². The largest absolute Gasteiger partial charge is 0.310 e. The number of hydrogen-bond donors (Lipinski definition) is 1. The highest BCUT2D eigenvalue weighted by atomic mass is 35.5. The van der Waals surface area contributed by atoms with Crippen molar-refractivity contribution < 1.29 is 4.79 Å². The Balaban J connectivity index is 1.65. The van der Waals surface area contributed by atoms with Gasteiger partial charge in [0.2, 0.25) is 5.91 Å². The van der Waals surface area contributed by atoms with Gasteiger partial charge in [0, 0.05) is 24.2 Å². The van der Waals surface area contributed by atoms with Gasteiger partial charge in [0.1, 0.15) is 11.0 Å². The average Bonchev–Trinajstić information content (AvgIpc) is 2.59. The lowest BCUT2D eigenvalue weighted by atomic mass is 10.1. The molecule has 120 valence electrons. The van der Waals surface area contributed by atoms with Gasteiger partial charge in [-0.3, -0.25) is 9.78 Å². The van der Waals surface area contributed by atoms with Crippen molar-refractivity contribution in [3.05, 3.63) is 71.3 Å². The van der Waals surface area contributed by atoms with E-state index >= 15 is 0 Å². The van der Waals surface area contributed by atoms with E-state index in [0.29, 0.717) is 11.0 Å². The number of aryl methyl sites for hydroxylation is 1. The fourth-order valence-corrected chi connectivity index (χ4v) is 2.34. The maximum absolute atomic E-state index is 12.1. The van der Waals surface area contributed by atoms with Crippen LogP contribution in [-0.2, 0) is 11.2 Å². The number of rotatable bonds is 4. The molecule has 3 aromatic rings. The summed E-state index contributed by atoms with van der Waals surface area (Å²) in [6.45, 7) is 1.86. The van der Waals surface area contributed by atoms with Crippen molar-refractivity contribution in [1.29, 1.82) is 0 Å². The highest BCUT2D eigenvalue weighted by Gasteiger charge is 2.07. The number of pyridine rings is 3. The van der Waals surface area contributed by atoms with Crippen LogP contribution in [0.1, 0.15) is 11.1 Å². The topological polar surface area (TPSA) is 67.8 Å². The molecule has 1 N–H and O–H groups in total. The van der Waals surface area contributed by atoms with Crippen molar-refractivity contribution in [1.82, 2.24) is 15.0 Å².